The Morgan fingerprint density at radius 2 is 1.91 bits per heavy atom. The molecule has 1 aromatic rings. The lowest BCUT2D eigenvalue weighted by Gasteiger charge is -2.06. The van der Waals surface area contributed by atoms with Crippen molar-refractivity contribution in [2.24, 2.45) is 0 Å². The molecule has 0 fully saturated rings. The molecule has 0 aliphatic carbocycles. The maximum Gasteiger partial charge on any atom is 0.348 e. The third-order valence-corrected chi connectivity index (χ3v) is 4.30. The van der Waals surface area contributed by atoms with Crippen LogP contribution in [-0.2, 0) is 22.4 Å². The standard InChI is InChI=1S/C16H24N2O4S/c1-4-7-12-11(6-3)9-13(23-12)15(20)22-10-14(19)18-16(21)17-8-5-2/h9H,4-8,10H2,1-3H3,(H2,17,18,19,21). The van der Waals surface area contributed by atoms with Crippen LogP contribution < -0.4 is 10.6 Å². The van der Waals surface area contributed by atoms with E-state index in [0.29, 0.717) is 11.4 Å². The maximum absolute atomic E-state index is 12.0. The molecule has 6 nitrogen and oxygen atoms in total. The van der Waals surface area contributed by atoms with E-state index < -0.39 is 24.5 Å². The molecule has 0 aliphatic rings. The van der Waals surface area contributed by atoms with Crippen molar-refractivity contribution in [1.29, 1.82) is 0 Å². The Labute approximate surface area is 140 Å². The molecular formula is C16H24N2O4S. The van der Waals surface area contributed by atoms with Gasteiger partial charge in [0.1, 0.15) is 4.88 Å². The SMILES string of the molecule is CCCNC(=O)NC(=O)COC(=O)c1cc(CC)c(CCC)s1. The summed E-state index contributed by atoms with van der Waals surface area (Å²) < 4.78 is 4.97. The molecule has 0 radical (unpaired) electrons. The van der Waals surface area contributed by atoms with Gasteiger partial charge >= 0.3 is 12.0 Å². The van der Waals surface area contributed by atoms with E-state index in [-0.39, 0.29) is 0 Å². The van der Waals surface area contributed by atoms with Crippen molar-refractivity contribution in [3.63, 3.8) is 0 Å². The second-order valence-corrected chi connectivity index (χ2v) is 6.18. The Morgan fingerprint density at radius 3 is 2.52 bits per heavy atom. The van der Waals surface area contributed by atoms with E-state index in [4.69, 9.17) is 4.74 Å². The van der Waals surface area contributed by atoms with Crippen LogP contribution in [0.1, 0.15) is 53.7 Å². The van der Waals surface area contributed by atoms with Gasteiger partial charge in [-0.1, -0.05) is 27.2 Å². The van der Waals surface area contributed by atoms with Gasteiger partial charge in [-0.2, -0.15) is 0 Å². The average Bonchev–Trinajstić information content (AvgIpc) is 2.94. The zero-order valence-electron chi connectivity index (χ0n) is 13.9. The van der Waals surface area contributed by atoms with Crippen molar-refractivity contribution >= 4 is 29.2 Å². The number of esters is 1. The fourth-order valence-electron chi connectivity index (χ4n) is 1.95. The predicted molar refractivity (Wildman–Crippen MR) is 89.8 cm³/mol. The van der Waals surface area contributed by atoms with Gasteiger partial charge in [-0.3, -0.25) is 10.1 Å². The van der Waals surface area contributed by atoms with E-state index in [1.54, 1.807) is 0 Å². The number of carbonyl (C=O) groups is 3. The Bertz CT molecular complexity index is 554. The second kappa shape index (κ2) is 9.99. The summed E-state index contributed by atoms with van der Waals surface area (Å²) in [6.45, 7) is 6.04. The highest BCUT2D eigenvalue weighted by atomic mass is 32.1. The van der Waals surface area contributed by atoms with Crippen LogP contribution in [-0.4, -0.2) is 31.1 Å². The molecule has 0 aliphatic heterocycles. The van der Waals surface area contributed by atoms with Crippen molar-refractivity contribution in [3.8, 4) is 0 Å². The minimum atomic E-state index is -0.645. The zero-order valence-corrected chi connectivity index (χ0v) is 14.7. The van der Waals surface area contributed by atoms with Crippen LogP contribution in [0.5, 0.6) is 0 Å². The number of imide groups is 1. The molecular weight excluding hydrogens is 316 g/mol. The molecule has 0 aromatic carbocycles. The Hall–Kier alpha value is -1.89. The molecule has 1 aromatic heterocycles. The van der Waals surface area contributed by atoms with Gasteiger partial charge in [0, 0.05) is 11.4 Å². The summed E-state index contributed by atoms with van der Waals surface area (Å²) in [5, 5.41) is 4.61. The lowest BCUT2D eigenvalue weighted by atomic mass is 10.1. The highest BCUT2D eigenvalue weighted by Crippen LogP contribution is 2.25. The van der Waals surface area contributed by atoms with Crippen molar-refractivity contribution in [1.82, 2.24) is 10.6 Å². The Balaban J connectivity index is 2.50. The quantitative estimate of drug-likeness (QED) is 0.713. The highest BCUT2D eigenvalue weighted by Gasteiger charge is 2.16. The number of nitrogens with one attached hydrogen (secondary N) is 2. The number of carbonyl (C=O) groups excluding carboxylic acids is 3. The summed E-state index contributed by atoms with van der Waals surface area (Å²) in [6.07, 6.45) is 3.57. The van der Waals surface area contributed by atoms with Crippen LogP contribution in [0.2, 0.25) is 0 Å². The Kier molecular flexibility index (Phi) is 8.32. The largest absolute Gasteiger partial charge is 0.451 e. The topological polar surface area (TPSA) is 84.5 Å². The fourth-order valence-corrected chi connectivity index (χ4v) is 3.20. The van der Waals surface area contributed by atoms with Gasteiger partial charge in [0.15, 0.2) is 6.61 Å². The van der Waals surface area contributed by atoms with Crippen LogP contribution in [0.15, 0.2) is 6.07 Å². The summed E-state index contributed by atoms with van der Waals surface area (Å²) in [5.74, 6) is -1.18. The third-order valence-electron chi connectivity index (χ3n) is 3.08. The lowest BCUT2D eigenvalue weighted by Crippen LogP contribution is -2.41. The normalized spacial score (nSPS) is 10.2. The number of hydrogen-bond donors (Lipinski definition) is 2. The summed E-state index contributed by atoms with van der Waals surface area (Å²) in [7, 11) is 0. The van der Waals surface area contributed by atoms with Crippen molar-refractivity contribution in [2.75, 3.05) is 13.2 Å². The smallest absolute Gasteiger partial charge is 0.348 e. The maximum atomic E-state index is 12.0. The van der Waals surface area contributed by atoms with Gasteiger partial charge in [-0.15, -0.1) is 11.3 Å². The summed E-state index contributed by atoms with van der Waals surface area (Å²) in [5.41, 5.74) is 1.15. The van der Waals surface area contributed by atoms with Gasteiger partial charge in [0.2, 0.25) is 0 Å². The third kappa shape index (κ3) is 6.40. The molecule has 0 spiro atoms. The van der Waals surface area contributed by atoms with E-state index in [1.807, 2.05) is 19.9 Å². The number of aryl methyl sites for hydroxylation is 2. The number of amides is 3. The number of thiophene rings is 1. The van der Waals surface area contributed by atoms with Crippen LogP contribution in [0.4, 0.5) is 4.79 Å². The van der Waals surface area contributed by atoms with Gasteiger partial charge in [-0.05, 0) is 30.9 Å². The first-order valence-electron chi connectivity index (χ1n) is 7.88. The minimum absolute atomic E-state index is 0.471. The molecule has 0 bridgehead atoms. The van der Waals surface area contributed by atoms with E-state index in [1.165, 1.54) is 16.2 Å². The van der Waals surface area contributed by atoms with E-state index >= 15 is 0 Å². The molecule has 0 unspecified atom stereocenters. The molecule has 1 heterocycles. The van der Waals surface area contributed by atoms with Crippen LogP contribution in [0.3, 0.4) is 0 Å². The lowest BCUT2D eigenvalue weighted by molar-refractivity contribution is -0.123. The molecule has 128 valence electrons. The molecule has 1 rings (SSSR count). The van der Waals surface area contributed by atoms with Crippen LogP contribution in [0, 0.1) is 0 Å². The second-order valence-electron chi connectivity index (χ2n) is 5.04. The molecule has 23 heavy (non-hydrogen) atoms. The van der Waals surface area contributed by atoms with E-state index in [0.717, 1.165) is 31.2 Å². The van der Waals surface area contributed by atoms with Crippen LogP contribution in [0.25, 0.3) is 0 Å². The van der Waals surface area contributed by atoms with E-state index in [2.05, 4.69) is 17.6 Å². The van der Waals surface area contributed by atoms with Crippen molar-refractivity contribution < 1.29 is 19.1 Å². The average molecular weight is 340 g/mol. The van der Waals surface area contributed by atoms with Crippen molar-refractivity contribution in [2.45, 2.75) is 46.5 Å². The summed E-state index contributed by atoms with van der Waals surface area (Å²) in [4.78, 5) is 36.5. The first-order valence-corrected chi connectivity index (χ1v) is 8.69. The number of urea groups is 1. The molecule has 0 saturated carbocycles. The summed E-state index contributed by atoms with van der Waals surface area (Å²) >= 11 is 1.41. The van der Waals surface area contributed by atoms with Crippen LogP contribution >= 0.6 is 11.3 Å². The minimum Gasteiger partial charge on any atom is -0.451 e. The number of ether oxygens (including phenoxy) is 1. The molecule has 2 N–H and O–H groups in total. The first kappa shape index (κ1) is 19.2. The van der Waals surface area contributed by atoms with E-state index in [9.17, 15) is 14.4 Å². The Morgan fingerprint density at radius 1 is 1.17 bits per heavy atom. The number of hydrogen-bond acceptors (Lipinski definition) is 5. The number of rotatable bonds is 8. The molecule has 3 amide bonds. The van der Waals surface area contributed by atoms with Gasteiger partial charge in [0.25, 0.3) is 5.91 Å². The molecule has 0 atom stereocenters. The predicted octanol–water partition coefficient (Wildman–Crippen LogP) is 2.66. The highest BCUT2D eigenvalue weighted by molar-refractivity contribution is 7.14. The zero-order chi connectivity index (χ0) is 17.2. The fraction of sp³-hybridized carbons (Fsp3) is 0.562. The molecule has 0 saturated heterocycles. The first-order chi connectivity index (χ1) is 11.0. The van der Waals surface area contributed by atoms with Crippen molar-refractivity contribution in [3.05, 3.63) is 21.4 Å². The van der Waals surface area contributed by atoms with Gasteiger partial charge in [-0.25, -0.2) is 9.59 Å². The van der Waals surface area contributed by atoms with Gasteiger partial charge in [0.05, 0.1) is 0 Å². The summed E-state index contributed by atoms with van der Waals surface area (Å²) in [6, 6.07) is 1.24. The van der Waals surface area contributed by atoms with Gasteiger partial charge < -0.3 is 10.1 Å². The monoisotopic (exact) mass is 340 g/mol. The molecule has 7 heteroatoms.